The van der Waals surface area contributed by atoms with Gasteiger partial charge in [-0.2, -0.15) is 12.7 Å². The Hall–Kier alpha value is -0.890. The molecule has 2 rings (SSSR count). The topological polar surface area (TPSA) is 61.4 Å². The van der Waals surface area contributed by atoms with Gasteiger partial charge in [-0.3, -0.25) is 4.72 Å². The molecule has 0 radical (unpaired) electrons. The average molecular weight is 336 g/mol. The first-order valence-electron chi connectivity index (χ1n) is 6.79. The van der Waals surface area contributed by atoms with E-state index in [4.69, 9.17) is 11.6 Å². The highest BCUT2D eigenvalue weighted by Gasteiger charge is 2.27. The van der Waals surface area contributed by atoms with Gasteiger partial charge in [0, 0.05) is 18.1 Å². The van der Waals surface area contributed by atoms with Crippen LogP contribution in [0.5, 0.6) is 0 Å². The normalized spacial score (nSPS) is 17.9. The van der Waals surface area contributed by atoms with E-state index in [9.17, 15) is 12.8 Å². The summed E-state index contributed by atoms with van der Waals surface area (Å²) >= 11 is 5.72. The molecule has 0 aromatic heterocycles. The Balaban J connectivity index is 2.02. The van der Waals surface area contributed by atoms with E-state index in [0.717, 1.165) is 31.5 Å². The maximum absolute atomic E-state index is 13.2. The fourth-order valence-corrected chi connectivity index (χ4v) is 3.93. The molecule has 2 N–H and O–H groups in total. The molecule has 1 heterocycles. The Bertz CT molecular complexity index is 569. The predicted octanol–water partition coefficient (Wildman–Crippen LogP) is 2.07. The molecule has 0 aliphatic carbocycles. The summed E-state index contributed by atoms with van der Waals surface area (Å²) in [5.41, 5.74) is 0.136. The van der Waals surface area contributed by atoms with Crippen LogP contribution in [-0.2, 0) is 10.2 Å². The lowest BCUT2D eigenvalue weighted by atomic mass is 9.98. The fourth-order valence-electron chi connectivity index (χ4n) is 2.47. The van der Waals surface area contributed by atoms with Crippen LogP contribution in [-0.4, -0.2) is 39.4 Å². The summed E-state index contributed by atoms with van der Waals surface area (Å²) in [7, 11) is -1.78. The third-order valence-corrected chi connectivity index (χ3v) is 5.27. The Kier molecular flexibility index (Phi) is 5.43. The van der Waals surface area contributed by atoms with Gasteiger partial charge in [0.15, 0.2) is 0 Å². The quantitative estimate of drug-likeness (QED) is 0.866. The number of nitrogens with zero attached hydrogens (tertiary/aromatic N) is 1. The minimum atomic E-state index is -3.67. The summed E-state index contributed by atoms with van der Waals surface area (Å²) in [4.78, 5) is 0. The van der Waals surface area contributed by atoms with E-state index in [2.05, 4.69) is 10.0 Å². The SMILES string of the molecule is CNCC1CCN(S(=O)(=O)Nc2cc(F)cc(Cl)c2)CC1. The molecule has 0 saturated carbocycles. The molecular formula is C13H19ClFN3O2S. The first-order chi connectivity index (χ1) is 9.90. The van der Waals surface area contributed by atoms with Crippen LogP contribution in [0.3, 0.4) is 0 Å². The van der Waals surface area contributed by atoms with Crippen molar-refractivity contribution in [1.82, 2.24) is 9.62 Å². The molecule has 0 atom stereocenters. The van der Waals surface area contributed by atoms with E-state index in [1.807, 2.05) is 7.05 Å². The molecule has 1 fully saturated rings. The molecule has 1 aliphatic heterocycles. The molecule has 1 aromatic rings. The highest BCUT2D eigenvalue weighted by Crippen LogP contribution is 2.23. The molecule has 21 heavy (non-hydrogen) atoms. The number of piperidine rings is 1. The van der Waals surface area contributed by atoms with Crippen LogP contribution in [0.1, 0.15) is 12.8 Å². The van der Waals surface area contributed by atoms with Crippen molar-refractivity contribution in [2.24, 2.45) is 5.92 Å². The van der Waals surface area contributed by atoms with Gasteiger partial charge in [-0.25, -0.2) is 4.39 Å². The molecule has 1 aromatic carbocycles. The number of benzene rings is 1. The summed E-state index contributed by atoms with van der Waals surface area (Å²) in [5, 5.41) is 3.26. The van der Waals surface area contributed by atoms with Crippen LogP contribution < -0.4 is 10.0 Å². The van der Waals surface area contributed by atoms with Crippen LogP contribution in [0.2, 0.25) is 5.02 Å². The monoisotopic (exact) mass is 335 g/mol. The Morgan fingerprint density at radius 1 is 1.33 bits per heavy atom. The maximum Gasteiger partial charge on any atom is 0.301 e. The minimum Gasteiger partial charge on any atom is -0.319 e. The molecular weight excluding hydrogens is 317 g/mol. The average Bonchev–Trinajstić information content (AvgIpc) is 2.38. The Morgan fingerprint density at radius 3 is 2.57 bits per heavy atom. The Morgan fingerprint density at radius 2 is 2.00 bits per heavy atom. The second kappa shape index (κ2) is 6.91. The second-order valence-electron chi connectivity index (χ2n) is 5.17. The zero-order chi connectivity index (χ0) is 15.5. The maximum atomic E-state index is 13.2. The number of hydrogen-bond acceptors (Lipinski definition) is 3. The summed E-state index contributed by atoms with van der Waals surface area (Å²) in [6.07, 6.45) is 1.62. The van der Waals surface area contributed by atoms with Gasteiger partial charge in [-0.15, -0.1) is 0 Å². The first kappa shape index (κ1) is 16.5. The van der Waals surface area contributed by atoms with Crippen molar-refractivity contribution in [3.8, 4) is 0 Å². The number of anilines is 1. The third-order valence-electron chi connectivity index (χ3n) is 3.52. The van der Waals surface area contributed by atoms with Crippen LogP contribution in [0.25, 0.3) is 0 Å². The second-order valence-corrected chi connectivity index (χ2v) is 7.27. The first-order valence-corrected chi connectivity index (χ1v) is 8.61. The smallest absolute Gasteiger partial charge is 0.301 e. The number of halogens is 2. The van der Waals surface area contributed by atoms with Crippen molar-refractivity contribution in [3.05, 3.63) is 29.0 Å². The van der Waals surface area contributed by atoms with E-state index in [-0.39, 0.29) is 10.7 Å². The predicted molar refractivity (Wildman–Crippen MR) is 82.2 cm³/mol. The lowest BCUT2D eigenvalue weighted by Crippen LogP contribution is -2.43. The van der Waals surface area contributed by atoms with Crippen molar-refractivity contribution < 1.29 is 12.8 Å². The van der Waals surface area contributed by atoms with Gasteiger partial charge in [0.2, 0.25) is 0 Å². The minimum absolute atomic E-state index is 0.136. The van der Waals surface area contributed by atoms with Crippen molar-refractivity contribution in [2.45, 2.75) is 12.8 Å². The largest absolute Gasteiger partial charge is 0.319 e. The standard InChI is InChI=1S/C13H19ClFN3O2S/c1-16-9-10-2-4-18(5-3-10)21(19,20)17-13-7-11(14)6-12(15)8-13/h6-8,10,16-17H,2-5,9H2,1H3. The molecule has 0 unspecified atom stereocenters. The zero-order valence-electron chi connectivity index (χ0n) is 11.8. The zero-order valence-corrected chi connectivity index (χ0v) is 13.3. The van der Waals surface area contributed by atoms with E-state index in [1.165, 1.54) is 10.4 Å². The molecule has 5 nitrogen and oxygen atoms in total. The van der Waals surface area contributed by atoms with Gasteiger partial charge in [0.1, 0.15) is 5.82 Å². The van der Waals surface area contributed by atoms with Crippen molar-refractivity contribution >= 4 is 27.5 Å². The number of rotatable bonds is 5. The number of hydrogen-bond donors (Lipinski definition) is 2. The third kappa shape index (κ3) is 4.54. The summed E-state index contributed by atoms with van der Waals surface area (Å²) in [5.74, 6) is -0.0852. The molecule has 1 aliphatic rings. The van der Waals surface area contributed by atoms with Crippen molar-refractivity contribution in [3.63, 3.8) is 0 Å². The van der Waals surface area contributed by atoms with Crippen LogP contribution >= 0.6 is 11.6 Å². The summed E-state index contributed by atoms with van der Waals surface area (Å²) < 4.78 is 41.6. The highest BCUT2D eigenvalue weighted by atomic mass is 35.5. The van der Waals surface area contributed by atoms with Gasteiger partial charge in [-0.1, -0.05) is 11.6 Å². The molecule has 1 saturated heterocycles. The fraction of sp³-hybridized carbons (Fsp3) is 0.538. The molecule has 118 valence electrons. The van der Waals surface area contributed by atoms with Gasteiger partial charge in [0.05, 0.1) is 5.69 Å². The van der Waals surface area contributed by atoms with Crippen LogP contribution in [0.4, 0.5) is 10.1 Å². The lowest BCUT2D eigenvalue weighted by molar-refractivity contribution is 0.272. The van der Waals surface area contributed by atoms with E-state index < -0.39 is 16.0 Å². The van der Waals surface area contributed by atoms with Gasteiger partial charge >= 0.3 is 10.2 Å². The van der Waals surface area contributed by atoms with Crippen molar-refractivity contribution in [1.29, 1.82) is 0 Å². The highest BCUT2D eigenvalue weighted by molar-refractivity contribution is 7.90. The van der Waals surface area contributed by atoms with E-state index >= 15 is 0 Å². The molecule has 0 amide bonds. The van der Waals surface area contributed by atoms with E-state index in [1.54, 1.807) is 0 Å². The van der Waals surface area contributed by atoms with Crippen LogP contribution in [0, 0.1) is 11.7 Å². The lowest BCUT2D eigenvalue weighted by Gasteiger charge is -2.31. The van der Waals surface area contributed by atoms with Crippen molar-refractivity contribution in [2.75, 3.05) is 31.4 Å². The Labute approximate surface area is 129 Å². The molecule has 0 spiro atoms. The van der Waals surface area contributed by atoms with Gasteiger partial charge in [-0.05, 0) is 50.6 Å². The van der Waals surface area contributed by atoms with Gasteiger partial charge < -0.3 is 5.32 Å². The van der Waals surface area contributed by atoms with Crippen LogP contribution in [0.15, 0.2) is 18.2 Å². The summed E-state index contributed by atoms with van der Waals surface area (Å²) in [6, 6.07) is 3.62. The molecule has 8 heteroatoms. The van der Waals surface area contributed by atoms with Gasteiger partial charge in [0.25, 0.3) is 0 Å². The molecule has 0 bridgehead atoms. The van der Waals surface area contributed by atoms with E-state index in [0.29, 0.717) is 19.0 Å². The summed E-state index contributed by atoms with van der Waals surface area (Å²) in [6.45, 7) is 1.82. The number of nitrogens with one attached hydrogen (secondary N) is 2.